The number of aryl methyl sites for hydroxylation is 1. The summed E-state index contributed by atoms with van der Waals surface area (Å²) in [6, 6.07) is 17.2. The molecule has 1 N–H and O–H groups in total. The average molecular weight is 520 g/mol. The van der Waals surface area contributed by atoms with E-state index in [4.69, 9.17) is 9.72 Å². The van der Waals surface area contributed by atoms with Gasteiger partial charge in [0, 0.05) is 17.0 Å². The Labute approximate surface area is 218 Å². The molecule has 1 amide bonds. The zero-order chi connectivity index (χ0) is 25.4. The van der Waals surface area contributed by atoms with Crippen LogP contribution in [0.3, 0.4) is 0 Å². The Bertz CT molecular complexity index is 1480. The third-order valence-electron chi connectivity index (χ3n) is 6.41. The minimum atomic E-state index is -0.464. The first-order valence-corrected chi connectivity index (χ1v) is 13.8. The van der Waals surface area contributed by atoms with E-state index in [0.717, 1.165) is 27.4 Å². The van der Waals surface area contributed by atoms with Gasteiger partial charge >= 0.3 is 0 Å². The third-order valence-corrected chi connectivity index (χ3v) is 8.56. The predicted molar refractivity (Wildman–Crippen MR) is 147 cm³/mol. The Morgan fingerprint density at radius 2 is 1.94 bits per heavy atom. The molecule has 0 spiro atoms. The van der Waals surface area contributed by atoms with Crippen molar-refractivity contribution in [3.8, 4) is 5.69 Å². The Kier molecular flexibility index (Phi) is 7.01. The van der Waals surface area contributed by atoms with Gasteiger partial charge in [0.15, 0.2) is 5.16 Å². The highest BCUT2D eigenvalue weighted by Crippen LogP contribution is 2.37. The van der Waals surface area contributed by atoms with Gasteiger partial charge in [-0.2, -0.15) is 0 Å². The van der Waals surface area contributed by atoms with Crippen LogP contribution in [0.5, 0.6) is 0 Å². The number of rotatable bonds is 6. The largest absolute Gasteiger partial charge is 0.372 e. The first-order chi connectivity index (χ1) is 17.3. The number of hydrogen-bond acceptors (Lipinski definition) is 6. The molecule has 6 nitrogen and oxygen atoms in total. The van der Waals surface area contributed by atoms with Crippen molar-refractivity contribution in [1.29, 1.82) is 0 Å². The predicted octanol–water partition coefficient (Wildman–Crippen LogP) is 5.97. The summed E-state index contributed by atoms with van der Waals surface area (Å²) in [5.41, 5.74) is 3.50. The topological polar surface area (TPSA) is 73.2 Å². The highest BCUT2D eigenvalue weighted by Gasteiger charge is 2.29. The van der Waals surface area contributed by atoms with E-state index in [0.29, 0.717) is 34.3 Å². The maximum Gasteiger partial charge on any atom is 0.267 e. The molecule has 3 heterocycles. The molecular weight excluding hydrogens is 490 g/mol. The fraction of sp³-hybridized carbons (Fsp3) is 0.321. The van der Waals surface area contributed by atoms with Gasteiger partial charge < -0.3 is 10.1 Å². The smallest absolute Gasteiger partial charge is 0.267 e. The number of thiophene rings is 1. The van der Waals surface area contributed by atoms with Crippen LogP contribution in [0.25, 0.3) is 15.9 Å². The molecule has 0 bridgehead atoms. The molecular formula is C28H29N3O3S2. The minimum Gasteiger partial charge on any atom is -0.372 e. The SMILES string of the molecule is Cc1cccc(-n2c(S[C@H](C)C(=O)Nc3ccccc3)nc3sc4c(c3c2=O)C[C@H](C(C)C)OC4)c1. The zero-order valence-electron chi connectivity index (χ0n) is 20.8. The number of fused-ring (bicyclic) bond motifs is 3. The van der Waals surface area contributed by atoms with E-state index in [1.165, 1.54) is 23.1 Å². The number of amides is 1. The van der Waals surface area contributed by atoms with E-state index < -0.39 is 5.25 Å². The fourth-order valence-corrected chi connectivity index (χ4v) is 6.48. The van der Waals surface area contributed by atoms with Gasteiger partial charge in [-0.1, -0.05) is 55.9 Å². The summed E-state index contributed by atoms with van der Waals surface area (Å²) in [7, 11) is 0. The molecule has 8 heteroatoms. The van der Waals surface area contributed by atoms with Gasteiger partial charge in [-0.15, -0.1) is 11.3 Å². The van der Waals surface area contributed by atoms with Crippen LogP contribution in [0.15, 0.2) is 64.5 Å². The molecule has 1 aliphatic rings. The van der Waals surface area contributed by atoms with Crippen LogP contribution < -0.4 is 10.9 Å². The number of nitrogens with one attached hydrogen (secondary N) is 1. The lowest BCUT2D eigenvalue weighted by Gasteiger charge is -2.26. The zero-order valence-corrected chi connectivity index (χ0v) is 22.4. The second kappa shape index (κ2) is 10.2. The molecule has 2 aromatic heterocycles. The highest BCUT2D eigenvalue weighted by molar-refractivity contribution is 8.00. The summed E-state index contributed by atoms with van der Waals surface area (Å²) in [4.78, 5) is 33.8. The van der Waals surface area contributed by atoms with Gasteiger partial charge in [0.25, 0.3) is 5.56 Å². The number of anilines is 1. The minimum absolute atomic E-state index is 0.0814. The third kappa shape index (κ3) is 4.85. The fourth-order valence-electron chi connectivity index (χ4n) is 4.39. The Morgan fingerprint density at radius 3 is 2.67 bits per heavy atom. The number of ether oxygens (including phenoxy) is 1. The molecule has 186 valence electrons. The van der Waals surface area contributed by atoms with Crippen molar-refractivity contribution in [2.75, 3.05) is 5.32 Å². The molecule has 5 rings (SSSR count). The van der Waals surface area contributed by atoms with E-state index in [-0.39, 0.29) is 17.6 Å². The van der Waals surface area contributed by atoms with Gasteiger partial charge in [-0.3, -0.25) is 14.2 Å². The van der Waals surface area contributed by atoms with Crippen molar-refractivity contribution in [2.45, 2.75) is 57.2 Å². The first kappa shape index (κ1) is 24.7. The normalized spacial score (nSPS) is 16.2. The number of carbonyl (C=O) groups excluding carboxylic acids is 1. The molecule has 0 unspecified atom stereocenters. The number of hydrogen-bond donors (Lipinski definition) is 1. The monoisotopic (exact) mass is 519 g/mol. The second-order valence-electron chi connectivity index (χ2n) is 9.47. The summed E-state index contributed by atoms with van der Waals surface area (Å²) in [5, 5.41) is 3.67. The summed E-state index contributed by atoms with van der Waals surface area (Å²) < 4.78 is 7.73. The molecule has 0 fully saturated rings. The van der Waals surface area contributed by atoms with Gasteiger partial charge in [0.2, 0.25) is 5.91 Å². The van der Waals surface area contributed by atoms with Crippen molar-refractivity contribution in [1.82, 2.24) is 9.55 Å². The maximum absolute atomic E-state index is 14.1. The summed E-state index contributed by atoms with van der Waals surface area (Å²) in [5.74, 6) is 0.217. The van der Waals surface area contributed by atoms with Crippen LogP contribution in [-0.4, -0.2) is 26.8 Å². The van der Waals surface area contributed by atoms with E-state index >= 15 is 0 Å². The molecule has 0 saturated heterocycles. The Balaban J connectivity index is 1.59. The van der Waals surface area contributed by atoms with Crippen LogP contribution in [0.1, 0.15) is 36.8 Å². The number of aromatic nitrogens is 2. The maximum atomic E-state index is 14.1. The van der Waals surface area contributed by atoms with Gasteiger partial charge in [0.05, 0.1) is 29.0 Å². The molecule has 0 aliphatic carbocycles. The summed E-state index contributed by atoms with van der Waals surface area (Å²) >= 11 is 2.82. The van der Waals surface area contributed by atoms with Crippen LogP contribution in [-0.2, 0) is 22.6 Å². The second-order valence-corrected chi connectivity index (χ2v) is 11.9. The Hall–Kier alpha value is -2.94. The van der Waals surface area contributed by atoms with Gasteiger partial charge in [-0.05, 0) is 55.2 Å². The first-order valence-electron chi connectivity index (χ1n) is 12.1. The average Bonchev–Trinajstić information content (AvgIpc) is 3.22. The molecule has 2 atom stereocenters. The standard InChI is InChI=1S/C28H29N3O3S2/c1-16(2)22-14-21-23(15-34-22)36-26-24(21)27(33)31(20-12-8-9-17(3)13-20)28(30-26)35-18(4)25(32)29-19-10-6-5-7-11-19/h5-13,16,18,22H,14-15H2,1-4H3,(H,29,32)/t18-,22-/m1/s1. The lowest BCUT2D eigenvalue weighted by atomic mass is 9.96. The number of nitrogens with zero attached hydrogens (tertiary/aromatic N) is 2. The number of para-hydroxylation sites is 1. The van der Waals surface area contributed by atoms with Crippen LogP contribution in [0.2, 0.25) is 0 Å². The lowest BCUT2D eigenvalue weighted by Crippen LogP contribution is -2.29. The summed E-state index contributed by atoms with van der Waals surface area (Å²) in [6.07, 6.45) is 0.790. The van der Waals surface area contributed by atoms with Crippen molar-refractivity contribution in [2.24, 2.45) is 5.92 Å². The molecule has 0 saturated carbocycles. The van der Waals surface area contributed by atoms with Crippen molar-refractivity contribution >= 4 is 44.9 Å². The van der Waals surface area contributed by atoms with E-state index in [1.54, 1.807) is 4.57 Å². The van der Waals surface area contributed by atoms with Crippen LogP contribution >= 0.6 is 23.1 Å². The van der Waals surface area contributed by atoms with Gasteiger partial charge in [-0.25, -0.2) is 4.98 Å². The van der Waals surface area contributed by atoms with Gasteiger partial charge in [0.1, 0.15) is 4.83 Å². The number of benzene rings is 2. The summed E-state index contributed by atoms with van der Waals surface area (Å²) in [6.45, 7) is 8.62. The van der Waals surface area contributed by atoms with Crippen molar-refractivity contribution in [3.05, 3.63) is 81.0 Å². The highest BCUT2D eigenvalue weighted by atomic mass is 32.2. The van der Waals surface area contributed by atoms with E-state index in [2.05, 4.69) is 19.2 Å². The van der Waals surface area contributed by atoms with Crippen molar-refractivity contribution in [3.63, 3.8) is 0 Å². The lowest BCUT2D eigenvalue weighted by molar-refractivity contribution is -0.115. The number of thioether (sulfide) groups is 1. The molecule has 0 radical (unpaired) electrons. The molecule has 36 heavy (non-hydrogen) atoms. The van der Waals surface area contributed by atoms with Crippen LogP contribution in [0.4, 0.5) is 5.69 Å². The Morgan fingerprint density at radius 1 is 1.17 bits per heavy atom. The molecule has 2 aromatic carbocycles. The molecule has 4 aromatic rings. The quantitative estimate of drug-likeness (QED) is 0.251. The van der Waals surface area contributed by atoms with E-state index in [9.17, 15) is 9.59 Å². The number of carbonyl (C=O) groups is 1. The van der Waals surface area contributed by atoms with E-state index in [1.807, 2.05) is 68.4 Å². The molecule has 1 aliphatic heterocycles. The van der Waals surface area contributed by atoms with Crippen molar-refractivity contribution < 1.29 is 9.53 Å². The van der Waals surface area contributed by atoms with Crippen LogP contribution in [0, 0.1) is 12.8 Å².